The second-order valence-electron chi connectivity index (χ2n) is 5.41. The number of hydrogen-bond acceptors (Lipinski definition) is 4. The summed E-state index contributed by atoms with van der Waals surface area (Å²) in [6.07, 6.45) is 3.22. The van der Waals surface area contributed by atoms with Gasteiger partial charge in [-0.15, -0.1) is 0 Å². The van der Waals surface area contributed by atoms with Gasteiger partial charge in [0.15, 0.2) is 0 Å². The Labute approximate surface area is 120 Å². The van der Waals surface area contributed by atoms with E-state index in [9.17, 15) is 9.59 Å². The number of nitrogens with zero attached hydrogens (tertiary/aromatic N) is 1. The van der Waals surface area contributed by atoms with E-state index >= 15 is 0 Å². The Bertz CT molecular complexity index is 308. The highest BCUT2D eigenvalue weighted by atomic mass is 16.4. The van der Waals surface area contributed by atoms with Crippen LogP contribution in [0.25, 0.3) is 0 Å². The van der Waals surface area contributed by atoms with Crippen molar-refractivity contribution in [3.8, 4) is 0 Å². The highest BCUT2D eigenvalue weighted by Crippen LogP contribution is 2.16. The summed E-state index contributed by atoms with van der Waals surface area (Å²) < 4.78 is 0. The minimum Gasteiger partial charge on any atom is -0.481 e. The van der Waals surface area contributed by atoms with Gasteiger partial charge in [0.2, 0.25) is 0 Å². The molecule has 6 nitrogen and oxygen atoms in total. The van der Waals surface area contributed by atoms with Crippen molar-refractivity contribution < 1.29 is 19.8 Å². The standard InChI is InChI=1S/C8H15NO2.C6H11NO2/c1-2-9-5-3-7(4-6-9)8(10)11;8-6(9)5-1-3-7-4-2-5/h7H,2-6H2,1H3,(H,10,11);5,7H,1-4H2,(H,8,9). The van der Waals surface area contributed by atoms with Crippen LogP contribution in [0, 0.1) is 11.8 Å². The van der Waals surface area contributed by atoms with E-state index in [0.29, 0.717) is 0 Å². The molecule has 3 N–H and O–H groups in total. The molecule has 6 heteroatoms. The van der Waals surface area contributed by atoms with E-state index in [2.05, 4.69) is 17.1 Å². The van der Waals surface area contributed by atoms with E-state index in [0.717, 1.165) is 58.4 Å². The van der Waals surface area contributed by atoms with Crippen LogP contribution in [0.5, 0.6) is 0 Å². The van der Waals surface area contributed by atoms with Crippen molar-refractivity contribution in [2.75, 3.05) is 32.7 Å². The molecule has 116 valence electrons. The summed E-state index contributed by atoms with van der Waals surface area (Å²) in [4.78, 5) is 23.1. The van der Waals surface area contributed by atoms with Gasteiger partial charge in [0.25, 0.3) is 0 Å². The zero-order valence-electron chi connectivity index (χ0n) is 12.2. The minimum absolute atomic E-state index is 0.0854. The van der Waals surface area contributed by atoms with Gasteiger partial charge >= 0.3 is 11.9 Å². The molecular weight excluding hydrogens is 260 g/mol. The molecular formula is C14H26N2O4. The zero-order chi connectivity index (χ0) is 15.0. The quantitative estimate of drug-likeness (QED) is 0.713. The lowest BCUT2D eigenvalue weighted by Gasteiger charge is -2.28. The number of carboxylic acid groups (broad SMARTS) is 2. The summed E-state index contributed by atoms with van der Waals surface area (Å²) in [7, 11) is 0. The Hall–Kier alpha value is -1.14. The topological polar surface area (TPSA) is 89.9 Å². The smallest absolute Gasteiger partial charge is 0.306 e. The van der Waals surface area contributed by atoms with Crippen LogP contribution in [0.4, 0.5) is 0 Å². The highest BCUT2D eigenvalue weighted by molar-refractivity contribution is 5.70. The summed E-state index contributed by atoms with van der Waals surface area (Å²) in [6, 6.07) is 0. The van der Waals surface area contributed by atoms with Crippen LogP contribution in [-0.4, -0.2) is 59.8 Å². The summed E-state index contributed by atoms with van der Waals surface area (Å²) >= 11 is 0. The SMILES string of the molecule is CCN1CCC(C(=O)O)CC1.O=C(O)C1CCNCC1. The maximum atomic E-state index is 10.5. The molecule has 0 amide bonds. The molecule has 0 saturated carbocycles. The monoisotopic (exact) mass is 286 g/mol. The van der Waals surface area contributed by atoms with Crippen molar-refractivity contribution in [2.24, 2.45) is 11.8 Å². The molecule has 0 aromatic heterocycles. The molecule has 2 aliphatic rings. The average Bonchev–Trinajstić information content (AvgIpc) is 2.49. The van der Waals surface area contributed by atoms with Gasteiger partial charge in [-0.3, -0.25) is 9.59 Å². The molecule has 2 rings (SSSR count). The van der Waals surface area contributed by atoms with Gasteiger partial charge in [0.05, 0.1) is 11.8 Å². The van der Waals surface area contributed by atoms with Gasteiger partial charge < -0.3 is 20.4 Å². The third-order valence-electron chi connectivity index (χ3n) is 4.07. The van der Waals surface area contributed by atoms with E-state index in [4.69, 9.17) is 10.2 Å². The van der Waals surface area contributed by atoms with E-state index in [1.807, 2.05) is 0 Å². The van der Waals surface area contributed by atoms with Gasteiger partial charge in [-0.1, -0.05) is 6.92 Å². The Kier molecular flexibility index (Phi) is 7.54. The molecule has 0 unspecified atom stereocenters. The maximum Gasteiger partial charge on any atom is 0.306 e. The summed E-state index contributed by atoms with van der Waals surface area (Å²) in [5, 5.41) is 20.3. The predicted molar refractivity (Wildman–Crippen MR) is 75.7 cm³/mol. The van der Waals surface area contributed by atoms with Crippen molar-refractivity contribution in [3.63, 3.8) is 0 Å². The van der Waals surface area contributed by atoms with Gasteiger partial charge in [-0.05, 0) is 58.4 Å². The summed E-state index contributed by atoms with van der Waals surface area (Å²) in [5.74, 6) is -1.44. The Morgan fingerprint density at radius 1 is 1.00 bits per heavy atom. The molecule has 2 saturated heterocycles. The molecule has 0 spiro atoms. The molecule has 0 bridgehead atoms. The third-order valence-corrected chi connectivity index (χ3v) is 4.07. The number of rotatable bonds is 3. The zero-order valence-corrected chi connectivity index (χ0v) is 12.2. The van der Waals surface area contributed by atoms with Gasteiger partial charge in [-0.25, -0.2) is 0 Å². The van der Waals surface area contributed by atoms with E-state index in [-0.39, 0.29) is 11.8 Å². The van der Waals surface area contributed by atoms with E-state index in [1.54, 1.807) is 0 Å². The molecule has 20 heavy (non-hydrogen) atoms. The van der Waals surface area contributed by atoms with Crippen LogP contribution in [0.1, 0.15) is 32.6 Å². The largest absolute Gasteiger partial charge is 0.481 e. The fourth-order valence-electron chi connectivity index (χ4n) is 2.57. The number of hydrogen-bond donors (Lipinski definition) is 3. The van der Waals surface area contributed by atoms with Crippen molar-refractivity contribution in [2.45, 2.75) is 32.6 Å². The summed E-state index contributed by atoms with van der Waals surface area (Å²) in [6.45, 7) is 6.78. The molecule has 0 aromatic rings. The highest BCUT2D eigenvalue weighted by Gasteiger charge is 2.23. The summed E-state index contributed by atoms with van der Waals surface area (Å²) in [5.41, 5.74) is 0. The van der Waals surface area contributed by atoms with E-state index in [1.165, 1.54) is 0 Å². The molecule has 0 radical (unpaired) electrons. The van der Waals surface area contributed by atoms with Crippen molar-refractivity contribution >= 4 is 11.9 Å². The second-order valence-corrected chi connectivity index (χ2v) is 5.41. The van der Waals surface area contributed by atoms with Crippen LogP contribution < -0.4 is 5.32 Å². The van der Waals surface area contributed by atoms with Gasteiger partial charge in [0.1, 0.15) is 0 Å². The molecule has 2 aliphatic heterocycles. The van der Waals surface area contributed by atoms with Crippen molar-refractivity contribution in [3.05, 3.63) is 0 Å². The van der Waals surface area contributed by atoms with Crippen LogP contribution in [0.15, 0.2) is 0 Å². The van der Waals surface area contributed by atoms with Crippen LogP contribution >= 0.6 is 0 Å². The number of carbonyl (C=O) groups is 2. The number of nitrogens with one attached hydrogen (secondary N) is 1. The predicted octanol–water partition coefficient (Wildman–Crippen LogP) is 0.874. The lowest BCUT2D eigenvalue weighted by molar-refractivity contribution is -0.143. The molecule has 2 heterocycles. The number of aliphatic carboxylic acids is 2. The second kappa shape index (κ2) is 8.92. The molecule has 2 fully saturated rings. The Morgan fingerprint density at radius 3 is 1.80 bits per heavy atom. The first-order valence-electron chi connectivity index (χ1n) is 7.43. The van der Waals surface area contributed by atoms with Crippen molar-refractivity contribution in [1.29, 1.82) is 0 Å². The number of piperidine rings is 2. The van der Waals surface area contributed by atoms with Gasteiger partial charge in [-0.2, -0.15) is 0 Å². The first-order valence-corrected chi connectivity index (χ1v) is 7.43. The first kappa shape index (κ1) is 16.9. The fourth-order valence-corrected chi connectivity index (χ4v) is 2.57. The Morgan fingerprint density at radius 2 is 1.45 bits per heavy atom. The third kappa shape index (κ3) is 5.88. The van der Waals surface area contributed by atoms with Crippen LogP contribution in [0.3, 0.4) is 0 Å². The molecule has 0 aromatic carbocycles. The molecule has 0 atom stereocenters. The fraction of sp³-hybridized carbons (Fsp3) is 0.857. The van der Waals surface area contributed by atoms with Gasteiger partial charge in [0, 0.05) is 0 Å². The van der Waals surface area contributed by atoms with Crippen LogP contribution in [0.2, 0.25) is 0 Å². The van der Waals surface area contributed by atoms with Crippen LogP contribution in [-0.2, 0) is 9.59 Å². The number of likely N-dealkylation sites (tertiary alicyclic amines) is 1. The lowest BCUT2D eigenvalue weighted by Crippen LogP contribution is -2.35. The maximum absolute atomic E-state index is 10.5. The number of carboxylic acids is 2. The van der Waals surface area contributed by atoms with E-state index < -0.39 is 11.9 Å². The van der Waals surface area contributed by atoms with Crippen molar-refractivity contribution in [1.82, 2.24) is 10.2 Å². The normalized spacial score (nSPS) is 21.9. The minimum atomic E-state index is -0.642. The molecule has 0 aliphatic carbocycles. The Balaban J connectivity index is 0.000000204. The first-order chi connectivity index (χ1) is 9.54. The average molecular weight is 286 g/mol. The lowest BCUT2D eigenvalue weighted by atomic mass is 9.97.